The summed E-state index contributed by atoms with van der Waals surface area (Å²) in [5, 5.41) is 13.4. The third-order valence-corrected chi connectivity index (χ3v) is 6.61. The quantitative estimate of drug-likeness (QED) is 0.515. The monoisotopic (exact) mass is 470 g/mol. The third-order valence-electron chi connectivity index (χ3n) is 5.15. The van der Waals surface area contributed by atoms with Crippen LogP contribution in [0, 0.1) is 5.41 Å². The summed E-state index contributed by atoms with van der Waals surface area (Å²) in [4.78, 5) is 37.3. The molecule has 1 heterocycles. The number of esters is 1. The molecule has 1 aromatic carbocycles. The highest BCUT2D eigenvalue weighted by molar-refractivity contribution is 8.04. The lowest BCUT2D eigenvalue weighted by Crippen LogP contribution is -2.52. The third kappa shape index (κ3) is 5.40. The van der Waals surface area contributed by atoms with E-state index in [-0.39, 0.29) is 22.5 Å². The molecule has 176 valence electrons. The van der Waals surface area contributed by atoms with E-state index in [9.17, 15) is 28.3 Å². The summed E-state index contributed by atoms with van der Waals surface area (Å²) < 4.78 is 34.1. The fraction of sp³-hybridized carbons (Fsp3) is 0.500. The Hall–Kier alpha value is -2.62. The highest BCUT2D eigenvalue weighted by atomic mass is 32.2. The predicted molar refractivity (Wildman–Crippen MR) is 117 cm³/mol. The molecule has 0 radical (unpaired) electrons. The highest BCUT2D eigenvalue weighted by Crippen LogP contribution is 2.52. The van der Waals surface area contributed by atoms with Gasteiger partial charge in [0.2, 0.25) is 0 Å². The molecule has 0 spiro atoms. The molecular formula is C22H28F2N2O5S. The number of aliphatic carboxylic acids is 1. The summed E-state index contributed by atoms with van der Waals surface area (Å²) in [7, 11) is 0. The predicted octanol–water partition coefficient (Wildman–Crippen LogP) is 4.25. The van der Waals surface area contributed by atoms with Crippen LogP contribution >= 0.6 is 11.8 Å². The second-order valence-electron chi connectivity index (χ2n) is 8.48. The molecule has 2 atom stereocenters. The molecule has 1 aliphatic heterocycles. The van der Waals surface area contributed by atoms with Gasteiger partial charge < -0.3 is 20.5 Å². The van der Waals surface area contributed by atoms with Crippen LogP contribution in [0.2, 0.25) is 0 Å². The fourth-order valence-electron chi connectivity index (χ4n) is 3.40. The maximum absolute atomic E-state index is 14.4. The number of halogens is 2. The van der Waals surface area contributed by atoms with Gasteiger partial charge in [-0.1, -0.05) is 49.0 Å². The Balaban J connectivity index is 2.18. The molecule has 2 rings (SSSR count). The number of benzene rings is 1. The number of carboxylic acids is 1. The number of amides is 2. The van der Waals surface area contributed by atoms with Gasteiger partial charge in [0.05, 0.1) is 11.4 Å². The van der Waals surface area contributed by atoms with Gasteiger partial charge in [-0.3, -0.25) is 4.79 Å². The zero-order valence-corrected chi connectivity index (χ0v) is 19.4. The van der Waals surface area contributed by atoms with Crippen molar-refractivity contribution in [3.63, 3.8) is 0 Å². The minimum atomic E-state index is -3.31. The Labute approximate surface area is 190 Å². The van der Waals surface area contributed by atoms with E-state index in [0.717, 1.165) is 11.8 Å². The standard InChI is InChI=1S/C22H28F2N2O5S/c1-6-21(18(28)29)13(2)15(16(27)31-20(3,4)5)32-17(21)26-19(30)25-12-22(23,24)14-10-8-7-9-11-14/h7-11,17H,6,12H2,1-5H3,(H,28,29)(H2,25,26,30). The molecule has 0 aromatic heterocycles. The number of hydrogen-bond donors (Lipinski definition) is 3. The van der Waals surface area contributed by atoms with Crippen LogP contribution in [-0.4, -0.2) is 40.6 Å². The normalized spacial score (nSPS) is 21.3. The number of thioether (sulfide) groups is 1. The number of carbonyl (C=O) groups excluding carboxylic acids is 2. The molecule has 10 heteroatoms. The maximum Gasteiger partial charge on any atom is 0.345 e. The van der Waals surface area contributed by atoms with E-state index in [4.69, 9.17) is 4.74 Å². The molecule has 7 nitrogen and oxygen atoms in total. The van der Waals surface area contributed by atoms with Gasteiger partial charge in [-0.15, -0.1) is 0 Å². The number of ether oxygens (including phenoxy) is 1. The largest absolute Gasteiger partial charge is 0.481 e. The van der Waals surface area contributed by atoms with Crippen LogP contribution in [0.4, 0.5) is 13.6 Å². The lowest BCUT2D eigenvalue weighted by Gasteiger charge is -2.31. The number of nitrogens with one attached hydrogen (secondary N) is 2. The summed E-state index contributed by atoms with van der Waals surface area (Å²) >= 11 is 0.850. The van der Waals surface area contributed by atoms with Gasteiger partial charge in [0.15, 0.2) is 0 Å². The fourth-order valence-corrected chi connectivity index (χ4v) is 4.95. The van der Waals surface area contributed by atoms with E-state index in [1.54, 1.807) is 33.8 Å². The van der Waals surface area contributed by atoms with Crippen LogP contribution in [-0.2, 0) is 20.2 Å². The van der Waals surface area contributed by atoms with Gasteiger partial charge in [0, 0.05) is 5.56 Å². The Morgan fingerprint density at radius 2 is 1.78 bits per heavy atom. The number of carbonyl (C=O) groups is 3. The van der Waals surface area contributed by atoms with Crippen molar-refractivity contribution in [3.05, 3.63) is 46.4 Å². The van der Waals surface area contributed by atoms with Gasteiger partial charge in [-0.25, -0.2) is 9.59 Å². The molecule has 0 aliphatic carbocycles. The van der Waals surface area contributed by atoms with Crippen LogP contribution in [0.3, 0.4) is 0 Å². The molecule has 32 heavy (non-hydrogen) atoms. The molecule has 2 amide bonds. The summed E-state index contributed by atoms with van der Waals surface area (Å²) in [5.41, 5.74) is -2.38. The Bertz CT molecular complexity index is 915. The first kappa shape index (κ1) is 25.6. The van der Waals surface area contributed by atoms with Crippen LogP contribution in [0.5, 0.6) is 0 Å². The minimum Gasteiger partial charge on any atom is -0.481 e. The van der Waals surface area contributed by atoms with Gasteiger partial charge in [-0.05, 0) is 39.7 Å². The van der Waals surface area contributed by atoms with E-state index in [2.05, 4.69) is 10.6 Å². The number of carboxylic acid groups (broad SMARTS) is 1. The van der Waals surface area contributed by atoms with Gasteiger partial charge in [0.25, 0.3) is 5.92 Å². The maximum atomic E-state index is 14.4. The molecule has 0 fully saturated rings. The van der Waals surface area contributed by atoms with Crippen molar-refractivity contribution in [2.24, 2.45) is 5.41 Å². The zero-order chi connectivity index (χ0) is 24.3. The van der Waals surface area contributed by atoms with Crippen LogP contribution in [0.25, 0.3) is 0 Å². The Morgan fingerprint density at radius 3 is 2.28 bits per heavy atom. The molecule has 0 saturated carbocycles. The lowest BCUT2D eigenvalue weighted by atomic mass is 9.78. The second-order valence-corrected chi connectivity index (χ2v) is 9.60. The molecule has 3 N–H and O–H groups in total. The summed E-state index contributed by atoms with van der Waals surface area (Å²) in [6.45, 7) is 7.19. The second kappa shape index (κ2) is 9.48. The van der Waals surface area contributed by atoms with Crippen molar-refractivity contribution < 1.29 is 33.0 Å². The average molecular weight is 471 g/mol. The first-order chi connectivity index (χ1) is 14.7. The van der Waals surface area contributed by atoms with Crippen molar-refractivity contribution in [2.45, 2.75) is 57.9 Å². The summed E-state index contributed by atoms with van der Waals surface area (Å²) in [6, 6.07) is 6.07. The zero-order valence-electron chi connectivity index (χ0n) is 18.6. The van der Waals surface area contributed by atoms with E-state index >= 15 is 0 Å². The molecule has 1 aliphatic rings. The molecule has 2 unspecified atom stereocenters. The first-order valence-corrected chi connectivity index (χ1v) is 10.9. The van der Waals surface area contributed by atoms with Crippen LogP contribution in [0.15, 0.2) is 40.8 Å². The number of hydrogen-bond acceptors (Lipinski definition) is 5. The van der Waals surface area contributed by atoms with Gasteiger partial charge >= 0.3 is 18.0 Å². The Morgan fingerprint density at radius 1 is 1.19 bits per heavy atom. The van der Waals surface area contributed by atoms with E-state index in [0.29, 0.717) is 0 Å². The SMILES string of the molecule is CCC1(C(=O)O)C(C)=C(C(=O)OC(C)(C)C)SC1NC(=O)NCC(F)(F)c1ccccc1. The van der Waals surface area contributed by atoms with Crippen molar-refractivity contribution in [3.8, 4) is 0 Å². The molecule has 1 aromatic rings. The van der Waals surface area contributed by atoms with Crippen LogP contribution in [0.1, 0.15) is 46.6 Å². The number of rotatable bonds is 7. The van der Waals surface area contributed by atoms with Crippen LogP contribution < -0.4 is 10.6 Å². The summed E-state index contributed by atoms with van der Waals surface area (Å²) in [5.74, 6) is -5.24. The average Bonchev–Trinajstić information content (AvgIpc) is 2.98. The van der Waals surface area contributed by atoms with E-state index < -0.39 is 46.8 Å². The number of alkyl halides is 2. The smallest absolute Gasteiger partial charge is 0.345 e. The molecular weight excluding hydrogens is 442 g/mol. The van der Waals surface area contributed by atoms with Gasteiger partial charge in [-0.2, -0.15) is 8.78 Å². The first-order valence-electron chi connectivity index (χ1n) is 10.1. The van der Waals surface area contributed by atoms with Crippen molar-refractivity contribution in [1.29, 1.82) is 0 Å². The topological polar surface area (TPSA) is 105 Å². The highest BCUT2D eigenvalue weighted by Gasteiger charge is 2.55. The van der Waals surface area contributed by atoms with Crippen molar-refractivity contribution in [2.75, 3.05) is 6.54 Å². The molecule has 0 bridgehead atoms. The van der Waals surface area contributed by atoms with Crippen molar-refractivity contribution in [1.82, 2.24) is 10.6 Å². The summed E-state index contributed by atoms with van der Waals surface area (Å²) in [6.07, 6.45) is 0.0680. The van der Waals surface area contributed by atoms with Gasteiger partial charge in [0.1, 0.15) is 16.4 Å². The lowest BCUT2D eigenvalue weighted by molar-refractivity contribution is -0.149. The van der Waals surface area contributed by atoms with Crippen molar-refractivity contribution >= 4 is 29.7 Å². The number of urea groups is 1. The van der Waals surface area contributed by atoms with E-state index in [1.165, 1.54) is 31.2 Å². The Kier molecular flexibility index (Phi) is 7.59. The molecule has 0 saturated heterocycles. The van der Waals surface area contributed by atoms with E-state index in [1.807, 2.05) is 0 Å². The minimum absolute atomic E-state index is 0.0680.